The van der Waals surface area contributed by atoms with E-state index in [9.17, 15) is 4.79 Å². The highest BCUT2D eigenvalue weighted by molar-refractivity contribution is 5.84. The Kier molecular flexibility index (Phi) is 4.88. The van der Waals surface area contributed by atoms with Gasteiger partial charge in [0.25, 0.3) is 0 Å². The largest absolute Gasteiger partial charge is 0.322 e. The van der Waals surface area contributed by atoms with Crippen molar-refractivity contribution in [2.75, 3.05) is 0 Å². The highest BCUT2D eigenvalue weighted by Crippen LogP contribution is 2.33. The van der Waals surface area contributed by atoms with Crippen molar-refractivity contribution < 1.29 is 4.79 Å². The lowest BCUT2D eigenvalue weighted by Crippen LogP contribution is -2.50. The molecule has 0 aromatic heterocycles. The Balaban J connectivity index is 2.16. The Hall–Kier alpha value is -0.570. The molecule has 0 radical (unpaired) electrons. The molecule has 110 valence electrons. The zero-order chi connectivity index (χ0) is 14.0. The molecule has 0 aromatic rings. The Morgan fingerprint density at radius 3 is 2.58 bits per heavy atom. The van der Waals surface area contributed by atoms with Crippen LogP contribution < -0.4 is 5.32 Å². The van der Waals surface area contributed by atoms with E-state index in [4.69, 9.17) is 0 Å². The van der Waals surface area contributed by atoms with Crippen molar-refractivity contribution >= 4 is 5.91 Å². The fraction of sp³-hybridized carbons (Fsp3) is 0.938. The van der Waals surface area contributed by atoms with Crippen LogP contribution in [0, 0.1) is 11.8 Å². The number of nitrogens with zero attached hydrogens (tertiary/aromatic N) is 1. The zero-order valence-corrected chi connectivity index (χ0v) is 13.0. The highest BCUT2D eigenvalue weighted by atomic mass is 16.2. The van der Waals surface area contributed by atoms with Gasteiger partial charge in [0, 0.05) is 6.04 Å². The minimum atomic E-state index is 0.0616. The number of nitrogens with one attached hydrogen (secondary N) is 1. The molecule has 2 fully saturated rings. The Bertz CT molecular complexity index is 316. The standard InChI is InChI=1S/C16H30N2O/c1-5-8-13-16(19)18(15(17-13)11(2)3)14-10-7-6-9-12(14)4/h11-15,17H,5-10H2,1-4H3. The quantitative estimate of drug-likeness (QED) is 0.848. The Morgan fingerprint density at radius 2 is 2.00 bits per heavy atom. The van der Waals surface area contributed by atoms with Gasteiger partial charge >= 0.3 is 0 Å². The first kappa shape index (κ1) is 14.8. The van der Waals surface area contributed by atoms with Gasteiger partial charge in [-0.2, -0.15) is 0 Å². The average molecular weight is 266 g/mol. The first-order valence-electron chi connectivity index (χ1n) is 8.14. The van der Waals surface area contributed by atoms with Crippen molar-refractivity contribution in [3.05, 3.63) is 0 Å². The van der Waals surface area contributed by atoms with E-state index in [0.717, 1.165) is 12.8 Å². The van der Waals surface area contributed by atoms with Crippen molar-refractivity contribution in [2.45, 2.75) is 84.5 Å². The van der Waals surface area contributed by atoms with Gasteiger partial charge in [-0.05, 0) is 31.1 Å². The lowest BCUT2D eigenvalue weighted by molar-refractivity contribution is -0.134. The molecular weight excluding hydrogens is 236 g/mol. The van der Waals surface area contributed by atoms with Crippen LogP contribution in [0.2, 0.25) is 0 Å². The predicted octanol–water partition coefficient (Wildman–Crippen LogP) is 3.15. The lowest BCUT2D eigenvalue weighted by Gasteiger charge is -2.40. The van der Waals surface area contributed by atoms with Crippen LogP contribution in [-0.4, -0.2) is 29.1 Å². The van der Waals surface area contributed by atoms with Crippen LogP contribution in [0.25, 0.3) is 0 Å². The normalized spacial score (nSPS) is 36.3. The minimum Gasteiger partial charge on any atom is -0.322 e. The third kappa shape index (κ3) is 2.96. The summed E-state index contributed by atoms with van der Waals surface area (Å²) in [5.74, 6) is 1.50. The van der Waals surface area contributed by atoms with E-state index in [1.807, 2.05) is 0 Å². The molecule has 0 aromatic carbocycles. The van der Waals surface area contributed by atoms with Gasteiger partial charge in [-0.3, -0.25) is 10.1 Å². The molecule has 1 N–H and O–H groups in total. The summed E-state index contributed by atoms with van der Waals surface area (Å²) < 4.78 is 0. The second-order valence-corrected chi connectivity index (χ2v) is 6.77. The van der Waals surface area contributed by atoms with Crippen LogP contribution >= 0.6 is 0 Å². The summed E-state index contributed by atoms with van der Waals surface area (Å²) in [5.41, 5.74) is 0. The maximum Gasteiger partial charge on any atom is 0.241 e. The summed E-state index contributed by atoms with van der Waals surface area (Å²) in [5, 5.41) is 3.59. The summed E-state index contributed by atoms with van der Waals surface area (Å²) in [4.78, 5) is 14.9. The Labute approximate surface area is 118 Å². The fourth-order valence-corrected chi connectivity index (χ4v) is 3.76. The van der Waals surface area contributed by atoms with Crippen molar-refractivity contribution in [3.8, 4) is 0 Å². The van der Waals surface area contributed by atoms with Crippen molar-refractivity contribution in [1.29, 1.82) is 0 Å². The smallest absolute Gasteiger partial charge is 0.241 e. The van der Waals surface area contributed by atoms with Crippen LogP contribution in [0.15, 0.2) is 0 Å². The van der Waals surface area contributed by atoms with E-state index >= 15 is 0 Å². The molecule has 4 unspecified atom stereocenters. The van der Waals surface area contributed by atoms with E-state index in [0.29, 0.717) is 23.8 Å². The zero-order valence-electron chi connectivity index (χ0n) is 13.0. The molecule has 0 spiro atoms. The molecule has 1 aliphatic heterocycles. The summed E-state index contributed by atoms with van der Waals surface area (Å²) in [6.45, 7) is 8.92. The summed E-state index contributed by atoms with van der Waals surface area (Å²) in [6, 6.07) is 0.523. The topological polar surface area (TPSA) is 32.3 Å². The molecule has 1 saturated heterocycles. The molecule has 1 heterocycles. The molecule has 3 heteroatoms. The molecule has 1 aliphatic carbocycles. The molecule has 0 bridgehead atoms. The summed E-state index contributed by atoms with van der Waals surface area (Å²) in [7, 11) is 0. The number of carbonyl (C=O) groups is 1. The molecule has 4 atom stereocenters. The first-order valence-corrected chi connectivity index (χ1v) is 8.14. The minimum absolute atomic E-state index is 0.0616. The third-order valence-corrected chi connectivity index (χ3v) is 4.86. The average Bonchev–Trinajstić information content (AvgIpc) is 2.69. The van der Waals surface area contributed by atoms with Gasteiger partial charge in [0.2, 0.25) is 5.91 Å². The van der Waals surface area contributed by atoms with E-state index in [1.54, 1.807) is 0 Å². The van der Waals surface area contributed by atoms with Crippen LogP contribution in [0.1, 0.15) is 66.2 Å². The molecule has 2 rings (SSSR count). The summed E-state index contributed by atoms with van der Waals surface area (Å²) in [6.07, 6.45) is 7.37. The van der Waals surface area contributed by atoms with E-state index < -0.39 is 0 Å². The van der Waals surface area contributed by atoms with Gasteiger partial charge in [0.05, 0.1) is 12.2 Å². The van der Waals surface area contributed by atoms with Gasteiger partial charge in [0.1, 0.15) is 0 Å². The van der Waals surface area contributed by atoms with E-state index in [2.05, 4.69) is 37.9 Å². The summed E-state index contributed by atoms with van der Waals surface area (Å²) >= 11 is 0. The van der Waals surface area contributed by atoms with Crippen LogP contribution in [0.5, 0.6) is 0 Å². The fourth-order valence-electron chi connectivity index (χ4n) is 3.76. The maximum atomic E-state index is 12.7. The van der Waals surface area contributed by atoms with Crippen molar-refractivity contribution in [2.24, 2.45) is 11.8 Å². The monoisotopic (exact) mass is 266 g/mol. The van der Waals surface area contributed by atoms with Crippen molar-refractivity contribution in [1.82, 2.24) is 10.2 Å². The third-order valence-electron chi connectivity index (χ3n) is 4.86. The maximum absolute atomic E-state index is 12.7. The SMILES string of the molecule is CCCC1NC(C(C)C)N(C2CCCCC2C)C1=O. The number of hydrogen-bond donors (Lipinski definition) is 1. The number of carbonyl (C=O) groups excluding carboxylic acids is 1. The van der Waals surface area contributed by atoms with Gasteiger partial charge in [-0.15, -0.1) is 0 Å². The number of amides is 1. The predicted molar refractivity (Wildman–Crippen MR) is 78.7 cm³/mol. The number of hydrogen-bond acceptors (Lipinski definition) is 2. The van der Waals surface area contributed by atoms with Gasteiger partial charge in [-0.25, -0.2) is 0 Å². The van der Waals surface area contributed by atoms with Gasteiger partial charge < -0.3 is 4.90 Å². The van der Waals surface area contributed by atoms with Crippen LogP contribution in [0.4, 0.5) is 0 Å². The lowest BCUT2D eigenvalue weighted by atomic mass is 9.84. The van der Waals surface area contributed by atoms with Gasteiger partial charge in [0.15, 0.2) is 0 Å². The van der Waals surface area contributed by atoms with Gasteiger partial charge in [-0.1, -0.05) is 47.0 Å². The second kappa shape index (κ2) is 6.25. The first-order chi connectivity index (χ1) is 9.06. The Morgan fingerprint density at radius 1 is 1.32 bits per heavy atom. The van der Waals surface area contributed by atoms with E-state index in [1.165, 1.54) is 25.7 Å². The molecule has 1 saturated carbocycles. The molecule has 19 heavy (non-hydrogen) atoms. The second-order valence-electron chi connectivity index (χ2n) is 6.77. The molecule has 3 nitrogen and oxygen atoms in total. The molecule has 1 amide bonds. The van der Waals surface area contributed by atoms with Crippen molar-refractivity contribution in [3.63, 3.8) is 0 Å². The van der Waals surface area contributed by atoms with Crippen LogP contribution in [0.3, 0.4) is 0 Å². The number of rotatable bonds is 4. The van der Waals surface area contributed by atoms with E-state index in [-0.39, 0.29) is 12.2 Å². The molecule has 2 aliphatic rings. The molecular formula is C16H30N2O. The highest BCUT2D eigenvalue weighted by Gasteiger charge is 2.44. The van der Waals surface area contributed by atoms with Crippen LogP contribution in [-0.2, 0) is 4.79 Å².